The van der Waals surface area contributed by atoms with Crippen molar-refractivity contribution in [3.05, 3.63) is 53.4 Å². The van der Waals surface area contributed by atoms with Crippen molar-refractivity contribution < 1.29 is 23.5 Å². The Kier molecular flexibility index (Phi) is 5.80. The van der Waals surface area contributed by atoms with Crippen LogP contribution in [0.25, 0.3) is 0 Å². The maximum Gasteiger partial charge on any atom is 0.338 e. The molecule has 27 heavy (non-hydrogen) atoms. The van der Waals surface area contributed by atoms with Crippen molar-refractivity contribution in [1.29, 1.82) is 0 Å². The van der Waals surface area contributed by atoms with Gasteiger partial charge in [0.1, 0.15) is 0 Å². The molecule has 0 spiro atoms. The fourth-order valence-electron chi connectivity index (χ4n) is 3.03. The molecule has 0 saturated carbocycles. The highest BCUT2D eigenvalue weighted by Gasteiger charge is 2.22. The Morgan fingerprint density at radius 1 is 1.15 bits per heavy atom. The molecule has 2 aromatic rings. The van der Waals surface area contributed by atoms with Crippen molar-refractivity contribution in [1.82, 2.24) is 19.6 Å². The van der Waals surface area contributed by atoms with Crippen LogP contribution < -0.4 is 0 Å². The van der Waals surface area contributed by atoms with Gasteiger partial charge in [-0.05, 0) is 6.07 Å². The molecule has 1 fully saturated rings. The van der Waals surface area contributed by atoms with E-state index in [1.54, 1.807) is 11.0 Å². The van der Waals surface area contributed by atoms with Crippen LogP contribution in [0.2, 0.25) is 0 Å². The van der Waals surface area contributed by atoms with Crippen LogP contribution in [-0.2, 0) is 17.9 Å². The summed E-state index contributed by atoms with van der Waals surface area (Å²) in [6.45, 7) is 2.78. The number of aromatic nitrogens is 2. The lowest BCUT2D eigenvalue weighted by Crippen LogP contribution is -2.48. The molecule has 1 saturated heterocycles. The second kappa shape index (κ2) is 8.26. The van der Waals surface area contributed by atoms with Crippen molar-refractivity contribution in [2.45, 2.75) is 19.5 Å². The van der Waals surface area contributed by atoms with Gasteiger partial charge in [0.25, 0.3) is 0 Å². The highest BCUT2D eigenvalue weighted by Crippen LogP contribution is 2.15. The third-order valence-electron chi connectivity index (χ3n) is 4.59. The molecule has 0 atom stereocenters. The number of carboxylic acids is 1. The summed E-state index contributed by atoms with van der Waals surface area (Å²) < 4.78 is 28.5. The molecular weight excluding hydrogens is 358 g/mol. The van der Waals surface area contributed by atoms with E-state index < -0.39 is 17.6 Å². The zero-order valence-electron chi connectivity index (χ0n) is 14.6. The van der Waals surface area contributed by atoms with Crippen molar-refractivity contribution in [2.24, 2.45) is 0 Å². The molecule has 144 valence electrons. The van der Waals surface area contributed by atoms with Crippen LogP contribution in [0.5, 0.6) is 0 Å². The Labute approximate surface area is 154 Å². The molecule has 1 aromatic heterocycles. The van der Waals surface area contributed by atoms with Crippen LogP contribution in [-0.4, -0.2) is 62.7 Å². The molecular formula is C18H20F2N4O3. The number of aryl methyl sites for hydroxylation is 1. The zero-order valence-corrected chi connectivity index (χ0v) is 14.6. The number of rotatable bonds is 6. The summed E-state index contributed by atoms with van der Waals surface area (Å²) in [6.07, 6.45) is 2.86. The van der Waals surface area contributed by atoms with Gasteiger partial charge in [0, 0.05) is 57.4 Å². The third-order valence-corrected chi connectivity index (χ3v) is 4.59. The normalized spacial score (nSPS) is 15.1. The SMILES string of the molecule is O=C(O)c1cnn(CCC(=O)N2CCN(Cc3cccc(F)c3F)CC2)c1. The van der Waals surface area contributed by atoms with Crippen LogP contribution >= 0.6 is 0 Å². The Bertz CT molecular complexity index is 832. The summed E-state index contributed by atoms with van der Waals surface area (Å²) in [5, 5.41) is 12.8. The van der Waals surface area contributed by atoms with Crippen LogP contribution in [0.3, 0.4) is 0 Å². The van der Waals surface area contributed by atoms with E-state index in [1.807, 2.05) is 4.90 Å². The number of aromatic carboxylic acids is 1. The molecule has 1 aliphatic heterocycles. The van der Waals surface area contributed by atoms with Gasteiger partial charge >= 0.3 is 5.97 Å². The lowest BCUT2D eigenvalue weighted by Gasteiger charge is -2.34. The number of carboxylic acid groups (broad SMARTS) is 1. The number of amides is 1. The van der Waals surface area contributed by atoms with E-state index in [1.165, 1.54) is 23.1 Å². The molecule has 2 heterocycles. The second-order valence-electron chi connectivity index (χ2n) is 6.42. The quantitative estimate of drug-likeness (QED) is 0.826. The maximum absolute atomic E-state index is 13.8. The Balaban J connectivity index is 1.46. The number of hydrogen-bond donors (Lipinski definition) is 1. The molecule has 0 radical (unpaired) electrons. The first kappa shape index (κ1) is 19.0. The first-order valence-corrected chi connectivity index (χ1v) is 8.63. The second-order valence-corrected chi connectivity index (χ2v) is 6.42. The van der Waals surface area contributed by atoms with Gasteiger partial charge in [-0.2, -0.15) is 5.10 Å². The van der Waals surface area contributed by atoms with Crippen molar-refractivity contribution in [3.63, 3.8) is 0 Å². The van der Waals surface area contributed by atoms with Gasteiger partial charge in [-0.25, -0.2) is 13.6 Å². The Morgan fingerprint density at radius 3 is 2.56 bits per heavy atom. The number of carbonyl (C=O) groups excluding carboxylic acids is 1. The minimum atomic E-state index is -1.06. The highest BCUT2D eigenvalue weighted by molar-refractivity contribution is 5.86. The number of carbonyl (C=O) groups is 2. The van der Waals surface area contributed by atoms with Gasteiger partial charge in [0.2, 0.25) is 5.91 Å². The summed E-state index contributed by atoms with van der Waals surface area (Å²) in [5.74, 6) is -2.78. The number of piperazine rings is 1. The van der Waals surface area contributed by atoms with Crippen molar-refractivity contribution in [2.75, 3.05) is 26.2 Å². The third kappa shape index (κ3) is 4.68. The van der Waals surface area contributed by atoms with E-state index >= 15 is 0 Å². The molecule has 0 aliphatic carbocycles. The van der Waals surface area contributed by atoms with Gasteiger partial charge in [0.15, 0.2) is 11.6 Å². The zero-order chi connectivity index (χ0) is 19.4. The standard InChI is InChI=1S/C18H20F2N4O3/c19-15-3-1-2-13(17(15)20)11-22-6-8-23(9-7-22)16(25)4-5-24-12-14(10-21-24)18(26)27/h1-3,10,12H,4-9,11H2,(H,26,27). The molecule has 1 N–H and O–H groups in total. The summed E-state index contributed by atoms with van der Waals surface area (Å²) in [4.78, 5) is 26.8. The number of hydrogen-bond acceptors (Lipinski definition) is 4. The van der Waals surface area contributed by atoms with Gasteiger partial charge in [0.05, 0.1) is 11.8 Å². The Morgan fingerprint density at radius 2 is 1.89 bits per heavy atom. The van der Waals surface area contributed by atoms with Crippen LogP contribution in [0.15, 0.2) is 30.6 Å². The molecule has 1 aromatic carbocycles. The molecule has 3 rings (SSSR count). The van der Waals surface area contributed by atoms with E-state index in [0.29, 0.717) is 44.8 Å². The average Bonchev–Trinajstić information content (AvgIpc) is 3.13. The molecule has 9 heteroatoms. The van der Waals surface area contributed by atoms with Crippen LogP contribution in [0.1, 0.15) is 22.3 Å². The summed E-state index contributed by atoms with van der Waals surface area (Å²) in [5.41, 5.74) is 0.392. The highest BCUT2D eigenvalue weighted by atomic mass is 19.2. The first-order valence-electron chi connectivity index (χ1n) is 8.63. The molecule has 7 nitrogen and oxygen atoms in total. The maximum atomic E-state index is 13.8. The van der Waals surface area contributed by atoms with E-state index in [9.17, 15) is 18.4 Å². The Hall–Kier alpha value is -2.81. The fourth-order valence-corrected chi connectivity index (χ4v) is 3.03. The van der Waals surface area contributed by atoms with Crippen LogP contribution in [0, 0.1) is 11.6 Å². The molecule has 1 aliphatic rings. The predicted octanol–water partition coefficient (Wildman–Crippen LogP) is 1.59. The summed E-state index contributed by atoms with van der Waals surface area (Å²) >= 11 is 0. The smallest absolute Gasteiger partial charge is 0.338 e. The van der Waals surface area contributed by atoms with E-state index in [-0.39, 0.29) is 17.9 Å². The van der Waals surface area contributed by atoms with Gasteiger partial charge < -0.3 is 10.0 Å². The number of halogens is 2. The fraction of sp³-hybridized carbons (Fsp3) is 0.389. The monoisotopic (exact) mass is 378 g/mol. The van der Waals surface area contributed by atoms with Gasteiger partial charge in [-0.1, -0.05) is 12.1 Å². The van der Waals surface area contributed by atoms with Crippen LogP contribution in [0.4, 0.5) is 8.78 Å². The van der Waals surface area contributed by atoms with Crippen molar-refractivity contribution >= 4 is 11.9 Å². The van der Waals surface area contributed by atoms with E-state index in [2.05, 4.69) is 5.10 Å². The molecule has 0 bridgehead atoms. The summed E-state index contributed by atoms with van der Waals surface area (Å²) in [6, 6.07) is 4.14. The minimum absolute atomic E-state index is 0.0426. The van der Waals surface area contributed by atoms with Gasteiger partial charge in [-0.3, -0.25) is 14.4 Å². The first-order chi connectivity index (χ1) is 12.9. The van der Waals surface area contributed by atoms with Crippen molar-refractivity contribution in [3.8, 4) is 0 Å². The lowest BCUT2D eigenvalue weighted by molar-refractivity contribution is -0.133. The minimum Gasteiger partial charge on any atom is -0.478 e. The number of nitrogens with zero attached hydrogens (tertiary/aromatic N) is 4. The van der Waals surface area contributed by atoms with Gasteiger partial charge in [-0.15, -0.1) is 0 Å². The topological polar surface area (TPSA) is 78.7 Å². The average molecular weight is 378 g/mol. The molecule has 0 unspecified atom stereocenters. The number of benzene rings is 1. The van der Waals surface area contributed by atoms with E-state index in [4.69, 9.17) is 5.11 Å². The molecule has 1 amide bonds. The van der Waals surface area contributed by atoms with E-state index in [0.717, 1.165) is 6.07 Å². The summed E-state index contributed by atoms with van der Waals surface area (Å²) in [7, 11) is 0. The lowest BCUT2D eigenvalue weighted by atomic mass is 10.1. The predicted molar refractivity (Wildman–Crippen MR) is 92.0 cm³/mol. The largest absolute Gasteiger partial charge is 0.478 e.